The van der Waals surface area contributed by atoms with Crippen LogP contribution < -0.4 is 14.4 Å². The highest BCUT2D eigenvalue weighted by Crippen LogP contribution is 2.38. The van der Waals surface area contributed by atoms with E-state index < -0.39 is 12.7 Å². The molecule has 0 saturated carbocycles. The number of amidine groups is 1. The van der Waals surface area contributed by atoms with Crippen LogP contribution in [0.1, 0.15) is 18.9 Å². The van der Waals surface area contributed by atoms with Crippen molar-refractivity contribution in [3.8, 4) is 28.6 Å². The molecule has 3 aromatic carbocycles. The number of alkyl halides is 6. The van der Waals surface area contributed by atoms with Crippen molar-refractivity contribution in [3.05, 3.63) is 84.7 Å². The summed E-state index contributed by atoms with van der Waals surface area (Å²) in [6, 6.07) is 18.1. The van der Waals surface area contributed by atoms with Crippen molar-refractivity contribution >= 4 is 28.8 Å². The average Bonchev–Trinajstić information content (AvgIpc) is 3.43. The Labute approximate surface area is 245 Å². The Kier molecular flexibility index (Phi) is 8.62. The van der Waals surface area contributed by atoms with Gasteiger partial charge in [0.25, 0.3) is 0 Å². The largest absolute Gasteiger partial charge is 0.573 e. The van der Waals surface area contributed by atoms with Crippen molar-refractivity contribution in [3.63, 3.8) is 0 Å². The second-order valence-corrected chi connectivity index (χ2v) is 10.2. The molecule has 43 heavy (non-hydrogen) atoms. The first-order chi connectivity index (χ1) is 20.4. The Morgan fingerprint density at radius 2 is 1.60 bits per heavy atom. The minimum atomic E-state index is -4.84. The topological polar surface area (TPSA) is 77.1 Å². The van der Waals surface area contributed by atoms with Crippen LogP contribution in [0.15, 0.2) is 89.3 Å². The second-order valence-electron chi connectivity index (χ2n) is 9.18. The van der Waals surface area contributed by atoms with Crippen molar-refractivity contribution in [1.29, 1.82) is 0 Å². The number of hydrogen-bond donors (Lipinski definition) is 0. The van der Waals surface area contributed by atoms with E-state index in [0.29, 0.717) is 27.8 Å². The number of benzene rings is 3. The zero-order chi connectivity index (χ0) is 30.6. The van der Waals surface area contributed by atoms with Crippen LogP contribution in [0.25, 0.3) is 17.1 Å². The molecule has 224 valence electrons. The van der Waals surface area contributed by atoms with Crippen LogP contribution in [-0.4, -0.2) is 50.7 Å². The van der Waals surface area contributed by atoms with Gasteiger partial charge in [-0.2, -0.15) is 5.10 Å². The van der Waals surface area contributed by atoms with Crippen molar-refractivity contribution in [2.45, 2.75) is 32.1 Å². The maximum absolute atomic E-state index is 13.0. The number of halogens is 6. The average molecular weight is 621 g/mol. The molecule has 1 atom stereocenters. The Morgan fingerprint density at radius 1 is 0.907 bits per heavy atom. The number of anilines is 1. The van der Waals surface area contributed by atoms with Crippen LogP contribution >= 0.6 is 11.8 Å². The first-order valence-corrected chi connectivity index (χ1v) is 13.7. The Morgan fingerprint density at radius 3 is 2.30 bits per heavy atom. The van der Waals surface area contributed by atoms with Crippen LogP contribution in [0.3, 0.4) is 0 Å². The lowest BCUT2D eigenvalue weighted by Crippen LogP contribution is -2.41. The minimum Gasteiger partial charge on any atom is -0.406 e. The molecule has 1 unspecified atom stereocenters. The number of hydrogen-bond acceptors (Lipinski definition) is 7. The summed E-state index contributed by atoms with van der Waals surface area (Å²) >= 11 is 1.38. The summed E-state index contributed by atoms with van der Waals surface area (Å²) in [5.74, 6) is 0.458. The van der Waals surface area contributed by atoms with Crippen molar-refractivity contribution in [2.75, 3.05) is 10.7 Å². The SMILES string of the molecule is CC1CCSC(=NN=Cc2ccc(-c3ncn(-c4ccc(OC(F)(F)F)cc4)n3)cc2)N1c1ccccc1OC(F)(F)F. The van der Waals surface area contributed by atoms with Crippen molar-refractivity contribution in [2.24, 2.45) is 10.2 Å². The van der Waals surface area contributed by atoms with Crippen molar-refractivity contribution < 1.29 is 35.8 Å². The van der Waals surface area contributed by atoms with E-state index in [-0.39, 0.29) is 23.2 Å². The molecule has 1 aliphatic heterocycles. The summed E-state index contributed by atoms with van der Waals surface area (Å²) < 4.78 is 85.7. The van der Waals surface area contributed by atoms with E-state index in [4.69, 9.17) is 0 Å². The summed E-state index contributed by atoms with van der Waals surface area (Å²) in [7, 11) is 0. The lowest BCUT2D eigenvalue weighted by molar-refractivity contribution is -0.275. The van der Waals surface area contributed by atoms with E-state index in [1.54, 1.807) is 41.3 Å². The maximum Gasteiger partial charge on any atom is 0.573 e. The third-order valence-corrected chi connectivity index (χ3v) is 7.09. The van der Waals surface area contributed by atoms with Crippen LogP contribution in [0.4, 0.5) is 32.0 Å². The van der Waals surface area contributed by atoms with Gasteiger partial charge in [-0.3, -0.25) is 0 Å². The van der Waals surface area contributed by atoms with E-state index in [2.05, 4.69) is 29.8 Å². The molecule has 0 radical (unpaired) electrons. The molecule has 2 heterocycles. The predicted octanol–water partition coefficient (Wildman–Crippen LogP) is 7.45. The summed E-state index contributed by atoms with van der Waals surface area (Å²) in [5, 5.41) is 13.3. The van der Waals surface area contributed by atoms with Gasteiger partial charge in [-0.05, 0) is 55.3 Å². The highest BCUT2D eigenvalue weighted by molar-refractivity contribution is 8.14. The molecule has 4 aromatic rings. The van der Waals surface area contributed by atoms with E-state index >= 15 is 0 Å². The zero-order valence-electron chi connectivity index (χ0n) is 22.3. The first-order valence-electron chi connectivity index (χ1n) is 12.7. The molecule has 5 rings (SSSR count). The third kappa shape index (κ3) is 7.85. The van der Waals surface area contributed by atoms with Gasteiger partial charge in [0.1, 0.15) is 12.1 Å². The van der Waals surface area contributed by atoms with Crippen LogP contribution in [0.2, 0.25) is 0 Å². The van der Waals surface area contributed by atoms with Gasteiger partial charge < -0.3 is 14.4 Å². The summed E-state index contributed by atoms with van der Waals surface area (Å²) in [5.41, 5.74) is 2.13. The number of rotatable bonds is 7. The fourth-order valence-corrected chi connectivity index (χ4v) is 5.34. The van der Waals surface area contributed by atoms with Crippen molar-refractivity contribution in [1.82, 2.24) is 14.8 Å². The molecular formula is C28H22F6N6O2S. The van der Waals surface area contributed by atoms with Crippen LogP contribution in [0.5, 0.6) is 11.5 Å². The Hall–Kier alpha value is -4.53. The maximum atomic E-state index is 13.0. The third-order valence-electron chi connectivity index (χ3n) is 6.11. The Bertz CT molecular complexity index is 1600. The van der Waals surface area contributed by atoms with Gasteiger partial charge in [0.2, 0.25) is 0 Å². The minimum absolute atomic E-state index is 0.133. The molecular weight excluding hydrogens is 598 g/mol. The normalized spacial score (nSPS) is 17.0. The van der Waals surface area contributed by atoms with Gasteiger partial charge in [-0.25, -0.2) is 9.67 Å². The molecule has 1 aromatic heterocycles. The number of para-hydroxylation sites is 2. The number of aromatic nitrogens is 3. The highest BCUT2D eigenvalue weighted by atomic mass is 32.2. The van der Waals surface area contributed by atoms with Gasteiger partial charge >= 0.3 is 12.7 Å². The molecule has 0 spiro atoms. The standard InChI is InChI=1S/C28H22F6N6O2S/c1-18-14-15-43-26(40(18)23-4-2-3-5-24(23)42-28(32,33)34)37-36-16-19-6-8-20(9-7-19)25-35-17-39(38-25)21-10-12-22(13-11-21)41-27(29,30)31/h2-13,16-18H,14-15H2,1H3. The van der Waals surface area contributed by atoms with Gasteiger partial charge in [-0.1, -0.05) is 48.2 Å². The number of thioether (sulfide) groups is 1. The van der Waals surface area contributed by atoms with Gasteiger partial charge in [0, 0.05) is 17.4 Å². The first kappa shape index (κ1) is 29.9. The molecule has 0 bridgehead atoms. The van der Waals surface area contributed by atoms with E-state index in [1.807, 2.05) is 6.92 Å². The molecule has 8 nitrogen and oxygen atoms in total. The zero-order valence-corrected chi connectivity index (χ0v) is 23.1. The summed E-state index contributed by atoms with van der Waals surface area (Å²) in [4.78, 5) is 5.96. The van der Waals surface area contributed by atoms with Gasteiger partial charge in [0.15, 0.2) is 16.7 Å². The van der Waals surface area contributed by atoms with Gasteiger partial charge in [-0.15, -0.1) is 36.5 Å². The molecule has 1 aliphatic rings. The molecule has 0 N–H and O–H groups in total. The summed E-state index contributed by atoms with van der Waals surface area (Å²) in [6.07, 6.45) is -5.92. The fraction of sp³-hybridized carbons (Fsp3) is 0.214. The number of ether oxygens (including phenoxy) is 2. The Balaban J connectivity index is 1.29. The monoisotopic (exact) mass is 620 g/mol. The highest BCUT2D eigenvalue weighted by Gasteiger charge is 2.35. The van der Waals surface area contributed by atoms with Crippen LogP contribution in [-0.2, 0) is 0 Å². The lowest BCUT2D eigenvalue weighted by atomic mass is 10.1. The van der Waals surface area contributed by atoms with Crippen LogP contribution in [0, 0.1) is 0 Å². The quantitative estimate of drug-likeness (QED) is 0.121. The van der Waals surface area contributed by atoms with Gasteiger partial charge in [0.05, 0.1) is 17.6 Å². The van der Waals surface area contributed by atoms with E-state index in [9.17, 15) is 26.3 Å². The number of nitrogens with zero attached hydrogens (tertiary/aromatic N) is 6. The fourth-order valence-electron chi connectivity index (χ4n) is 4.18. The van der Waals surface area contributed by atoms with E-state index in [0.717, 1.165) is 12.2 Å². The smallest absolute Gasteiger partial charge is 0.406 e. The summed E-state index contributed by atoms with van der Waals surface area (Å²) in [6.45, 7) is 1.90. The molecule has 1 saturated heterocycles. The molecule has 15 heteroatoms. The lowest BCUT2D eigenvalue weighted by Gasteiger charge is -2.35. The predicted molar refractivity (Wildman–Crippen MR) is 151 cm³/mol. The second kappa shape index (κ2) is 12.4. The molecule has 1 fully saturated rings. The van der Waals surface area contributed by atoms with E-state index in [1.165, 1.54) is 65.4 Å². The molecule has 0 amide bonds. The molecule has 0 aliphatic carbocycles.